The van der Waals surface area contributed by atoms with Crippen molar-refractivity contribution in [2.75, 3.05) is 19.5 Å². The molecular formula is C11H12ClN7O4. The Labute approximate surface area is 134 Å². The Morgan fingerprint density at radius 3 is 2.65 bits per heavy atom. The first-order valence-electron chi connectivity index (χ1n) is 6.17. The third-order valence-electron chi connectivity index (χ3n) is 2.66. The molecule has 23 heavy (non-hydrogen) atoms. The molecule has 0 unspecified atom stereocenters. The number of rotatable bonds is 5. The lowest BCUT2D eigenvalue weighted by molar-refractivity contribution is -0.143. The summed E-state index contributed by atoms with van der Waals surface area (Å²) in [5.74, 6) is -1.88. The van der Waals surface area contributed by atoms with Crippen LogP contribution < -0.4 is 11.1 Å². The van der Waals surface area contributed by atoms with Gasteiger partial charge >= 0.3 is 5.97 Å². The van der Waals surface area contributed by atoms with Crippen LogP contribution in [0.15, 0.2) is 12.4 Å². The van der Waals surface area contributed by atoms with Gasteiger partial charge in [0.05, 0.1) is 26.1 Å². The molecular weight excluding hydrogens is 330 g/mol. The number of nitrogens with two attached hydrogens (primary N) is 1. The largest absolute Gasteiger partial charge is 0.467 e. The van der Waals surface area contributed by atoms with Crippen LogP contribution in [0.25, 0.3) is 5.82 Å². The summed E-state index contributed by atoms with van der Waals surface area (Å²) >= 11 is 5.95. The van der Waals surface area contributed by atoms with Crippen LogP contribution in [0.5, 0.6) is 0 Å². The van der Waals surface area contributed by atoms with Crippen molar-refractivity contribution in [1.82, 2.24) is 30.3 Å². The third-order valence-corrected chi connectivity index (χ3v) is 2.91. The number of nitrogens with one attached hydrogen (secondary N) is 1. The SMILES string of the molecule is COC(=O)[C@@H](CO)NC(=O)c1nc(Cl)c(-n2nccn2)nc1N. The second kappa shape index (κ2) is 6.98. The molecule has 2 aromatic heterocycles. The van der Waals surface area contributed by atoms with E-state index in [-0.39, 0.29) is 22.5 Å². The van der Waals surface area contributed by atoms with Crippen LogP contribution in [0.3, 0.4) is 0 Å². The summed E-state index contributed by atoms with van der Waals surface area (Å²) in [5.41, 5.74) is 5.37. The van der Waals surface area contributed by atoms with E-state index in [1.807, 2.05) is 0 Å². The van der Waals surface area contributed by atoms with Gasteiger partial charge in [0.15, 0.2) is 22.7 Å². The average molecular weight is 342 g/mol. The molecule has 1 atom stereocenters. The number of hydrogen-bond donors (Lipinski definition) is 3. The van der Waals surface area contributed by atoms with Gasteiger partial charge in [0.1, 0.15) is 0 Å². The first-order valence-corrected chi connectivity index (χ1v) is 6.55. The molecule has 0 aliphatic rings. The minimum Gasteiger partial charge on any atom is -0.467 e. The second-order valence-electron chi connectivity index (χ2n) is 4.12. The zero-order valence-electron chi connectivity index (χ0n) is 11.8. The highest BCUT2D eigenvalue weighted by atomic mass is 35.5. The Kier molecular flexibility index (Phi) is 5.03. The summed E-state index contributed by atoms with van der Waals surface area (Å²) in [6.45, 7) is -0.658. The molecule has 0 bridgehead atoms. The fourth-order valence-corrected chi connectivity index (χ4v) is 1.79. The Morgan fingerprint density at radius 2 is 2.09 bits per heavy atom. The van der Waals surface area contributed by atoms with Gasteiger partial charge in [-0.25, -0.2) is 14.8 Å². The maximum atomic E-state index is 12.1. The molecule has 12 heteroatoms. The van der Waals surface area contributed by atoms with Crippen LogP contribution in [0.4, 0.5) is 5.82 Å². The summed E-state index contributed by atoms with van der Waals surface area (Å²) in [6.07, 6.45) is 2.80. The van der Waals surface area contributed by atoms with Gasteiger partial charge in [-0.1, -0.05) is 11.6 Å². The van der Waals surface area contributed by atoms with Crippen molar-refractivity contribution in [2.24, 2.45) is 0 Å². The third kappa shape index (κ3) is 3.52. The zero-order chi connectivity index (χ0) is 17.0. The number of ether oxygens (including phenoxy) is 1. The Hall–Kier alpha value is -2.79. The van der Waals surface area contributed by atoms with E-state index in [2.05, 4.69) is 30.2 Å². The van der Waals surface area contributed by atoms with E-state index in [1.165, 1.54) is 12.4 Å². The predicted octanol–water partition coefficient (Wildman–Crippen LogP) is -1.44. The number of hydrogen-bond acceptors (Lipinski definition) is 9. The van der Waals surface area contributed by atoms with Crippen LogP contribution in [0.1, 0.15) is 10.5 Å². The van der Waals surface area contributed by atoms with Crippen molar-refractivity contribution in [3.05, 3.63) is 23.2 Å². The number of aromatic nitrogens is 5. The number of esters is 1. The summed E-state index contributed by atoms with van der Waals surface area (Å²) in [6, 6.07) is -1.26. The van der Waals surface area contributed by atoms with Crippen molar-refractivity contribution in [3.8, 4) is 5.82 Å². The number of nitrogens with zero attached hydrogens (tertiary/aromatic N) is 5. The Balaban J connectivity index is 2.28. The first kappa shape index (κ1) is 16.6. The summed E-state index contributed by atoms with van der Waals surface area (Å²) in [7, 11) is 1.12. The molecule has 1 amide bonds. The standard InChI is InChI=1S/C11H12ClN7O4/c1-23-11(22)5(4-20)16-10(21)6-8(13)18-9(7(12)17-6)19-14-2-3-15-19/h2-3,5,20H,4H2,1H3,(H2,13,18)(H,16,21)/t5-/m1/s1. The van der Waals surface area contributed by atoms with Gasteiger partial charge < -0.3 is 20.9 Å². The maximum absolute atomic E-state index is 12.1. The molecule has 0 radical (unpaired) electrons. The van der Waals surface area contributed by atoms with Crippen molar-refractivity contribution in [3.63, 3.8) is 0 Å². The molecule has 2 heterocycles. The molecule has 0 saturated carbocycles. The van der Waals surface area contributed by atoms with Gasteiger partial charge in [-0.2, -0.15) is 10.2 Å². The monoisotopic (exact) mass is 341 g/mol. The number of anilines is 1. The number of aliphatic hydroxyl groups excluding tert-OH is 1. The van der Waals surface area contributed by atoms with Gasteiger partial charge in [0.25, 0.3) is 5.91 Å². The Morgan fingerprint density at radius 1 is 1.43 bits per heavy atom. The number of nitrogen functional groups attached to an aromatic ring is 1. The first-order chi connectivity index (χ1) is 11.0. The van der Waals surface area contributed by atoms with Crippen LogP contribution in [0.2, 0.25) is 5.15 Å². The van der Waals surface area contributed by atoms with E-state index >= 15 is 0 Å². The van der Waals surface area contributed by atoms with E-state index in [0.29, 0.717) is 0 Å². The molecule has 0 aliphatic heterocycles. The summed E-state index contributed by atoms with van der Waals surface area (Å²) in [5, 5.41) is 18.8. The lowest BCUT2D eigenvalue weighted by atomic mass is 10.3. The molecule has 0 saturated heterocycles. The van der Waals surface area contributed by atoms with E-state index < -0.39 is 24.5 Å². The second-order valence-corrected chi connectivity index (χ2v) is 4.48. The topological polar surface area (TPSA) is 158 Å². The molecule has 0 fully saturated rings. The lowest BCUT2D eigenvalue weighted by Gasteiger charge is -2.14. The predicted molar refractivity (Wildman–Crippen MR) is 76.7 cm³/mol. The van der Waals surface area contributed by atoms with Gasteiger partial charge in [0.2, 0.25) is 5.82 Å². The minimum atomic E-state index is -1.26. The Bertz CT molecular complexity index is 721. The van der Waals surface area contributed by atoms with Crippen molar-refractivity contribution >= 4 is 29.3 Å². The van der Waals surface area contributed by atoms with Crippen molar-refractivity contribution in [2.45, 2.75) is 6.04 Å². The maximum Gasteiger partial charge on any atom is 0.330 e. The lowest BCUT2D eigenvalue weighted by Crippen LogP contribution is -2.44. The zero-order valence-corrected chi connectivity index (χ0v) is 12.6. The quantitative estimate of drug-likeness (QED) is 0.553. The van der Waals surface area contributed by atoms with Crippen molar-refractivity contribution in [1.29, 1.82) is 0 Å². The molecule has 2 aromatic rings. The molecule has 11 nitrogen and oxygen atoms in total. The number of halogens is 1. The highest BCUT2D eigenvalue weighted by molar-refractivity contribution is 6.31. The number of aliphatic hydroxyl groups is 1. The van der Waals surface area contributed by atoms with Crippen LogP contribution >= 0.6 is 11.6 Å². The molecule has 0 aliphatic carbocycles. The van der Waals surface area contributed by atoms with Gasteiger partial charge in [-0.05, 0) is 0 Å². The van der Waals surface area contributed by atoms with Gasteiger partial charge in [-0.15, -0.1) is 4.80 Å². The van der Waals surface area contributed by atoms with Gasteiger partial charge in [-0.3, -0.25) is 4.79 Å². The smallest absolute Gasteiger partial charge is 0.330 e. The van der Waals surface area contributed by atoms with E-state index in [0.717, 1.165) is 11.9 Å². The van der Waals surface area contributed by atoms with Crippen LogP contribution in [-0.2, 0) is 9.53 Å². The van der Waals surface area contributed by atoms with E-state index in [1.54, 1.807) is 0 Å². The minimum absolute atomic E-state index is 0.0393. The summed E-state index contributed by atoms with van der Waals surface area (Å²) < 4.78 is 4.44. The average Bonchev–Trinajstić information content (AvgIpc) is 3.07. The number of amides is 1. The van der Waals surface area contributed by atoms with Crippen molar-refractivity contribution < 1.29 is 19.4 Å². The fourth-order valence-electron chi connectivity index (χ4n) is 1.59. The van der Waals surface area contributed by atoms with E-state index in [4.69, 9.17) is 22.4 Å². The number of carbonyl (C=O) groups is 2. The highest BCUT2D eigenvalue weighted by Gasteiger charge is 2.25. The van der Waals surface area contributed by atoms with Gasteiger partial charge in [0, 0.05) is 0 Å². The van der Waals surface area contributed by atoms with Crippen LogP contribution in [0, 0.1) is 0 Å². The number of carbonyl (C=O) groups excluding carboxylic acids is 2. The highest BCUT2D eigenvalue weighted by Crippen LogP contribution is 2.18. The number of methoxy groups -OCH3 is 1. The molecule has 4 N–H and O–H groups in total. The molecule has 122 valence electrons. The molecule has 2 rings (SSSR count). The normalized spacial score (nSPS) is 11.8. The molecule has 0 aromatic carbocycles. The van der Waals surface area contributed by atoms with Crippen LogP contribution in [-0.4, -0.2) is 61.7 Å². The molecule has 0 spiro atoms. The fraction of sp³-hybridized carbons (Fsp3) is 0.273. The summed E-state index contributed by atoms with van der Waals surface area (Å²) in [4.78, 5) is 32.3. The van der Waals surface area contributed by atoms with E-state index in [9.17, 15) is 9.59 Å².